The zero-order chi connectivity index (χ0) is 17.6. The molecule has 0 heterocycles. The molecule has 2 rings (SSSR count). The highest BCUT2D eigenvalue weighted by Gasteiger charge is 2.21. The molecule has 5 nitrogen and oxygen atoms in total. The highest BCUT2D eigenvalue weighted by molar-refractivity contribution is 7.89. The number of carbonyl (C=O) groups is 1. The second-order valence-electron chi connectivity index (χ2n) is 5.95. The quantitative estimate of drug-likeness (QED) is 0.739. The summed E-state index contributed by atoms with van der Waals surface area (Å²) in [6.07, 6.45) is 7.59. The van der Waals surface area contributed by atoms with Gasteiger partial charge < -0.3 is 5.32 Å². The van der Waals surface area contributed by atoms with Crippen LogP contribution < -0.4 is 10.0 Å². The van der Waals surface area contributed by atoms with Crippen LogP contribution in [0.1, 0.15) is 39.0 Å². The summed E-state index contributed by atoms with van der Waals surface area (Å²) in [5, 5.41) is 2.75. The van der Waals surface area contributed by atoms with Gasteiger partial charge in [0.15, 0.2) is 0 Å². The van der Waals surface area contributed by atoms with E-state index in [9.17, 15) is 17.6 Å². The smallest absolute Gasteiger partial charge is 0.241 e. The third-order valence-electron chi connectivity index (χ3n) is 3.98. The van der Waals surface area contributed by atoms with Crippen LogP contribution in [-0.2, 0) is 14.8 Å². The molecule has 1 aliphatic carbocycles. The molecule has 0 bridgehead atoms. The summed E-state index contributed by atoms with van der Waals surface area (Å²) in [6, 6.07) is 3.56. The molecule has 0 saturated heterocycles. The van der Waals surface area contributed by atoms with E-state index in [0.29, 0.717) is 6.54 Å². The number of sulfonamides is 1. The van der Waals surface area contributed by atoms with Gasteiger partial charge in [-0.3, -0.25) is 4.79 Å². The summed E-state index contributed by atoms with van der Waals surface area (Å²) < 4.78 is 39.5. The Hall–Kier alpha value is -1.73. The monoisotopic (exact) mass is 354 g/mol. The number of benzene rings is 1. The van der Waals surface area contributed by atoms with Crippen LogP contribution in [-0.4, -0.2) is 26.9 Å². The van der Waals surface area contributed by atoms with Crippen LogP contribution >= 0.6 is 0 Å². The first-order chi connectivity index (χ1) is 11.4. The van der Waals surface area contributed by atoms with E-state index in [4.69, 9.17) is 0 Å². The molecule has 7 heteroatoms. The lowest BCUT2D eigenvalue weighted by atomic mass is 9.97. The Labute approximate surface area is 142 Å². The molecular weight excluding hydrogens is 331 g/mol. The van der Waals surface area contributed by atoms with E-state index in [1.807, 2.05) is 0 Å². The number of allylic oxidation sites excluding steroid dienone is 1. The van der Waals surface area contributed by atoms with Crippen molar-refractivity contribution in [3.8, 4) is 0 Å². The first kappa shape index (κ1) is 18.6. The molecule has 1 aliphatic rings. The van der Waals surface area contributed by atoms with Crippen LogP contribution in [0.4, 0.5) is 4.39 Å². The van der Waals surface area contributed by atoms with Gasteiger partial charge in [-0.2, -0.15) is 4.72 Å². The molecule has 0 aromatic heterocycles. The van der Waals surface area contributed by atoms with Gasteiger partial charge >= 0.3 is 0 Å². The lowest BCUT2D eigenvalue weighted by Gasteiger charge is -2.16. The van der Waals surface area contributed by atoms with Crippen molar-refractivity contribution < 1.29 is 17.6 Å². The third kappa shape index (κ3) is 5.42. The number of hydrogen-bond acceptors (Lipinski definition) is 3. The van der Waals surface area contributed by atoms with Crippen molar-refractivity contribution in [3.63, 3.8) is 0 Å². The maximum atomic E-state index is 12.9. The fraction of sp³-hybridized carbons (Fsp3) is 0.471. The molecule has 1 aromatic carbocycles. The first-order valence-corrected chi connectivity index (χ1v) is 9.60. The van der Waals surface area contributed by atoms with E-state index in [0.717, 1.165) is 43.5 Å². The van der Waals surface area contributed by atoms with E-state index >= 15 is 0 Å². The zero-order valence-corrected chi connectivity index (χ0v) is 14.5. The van der Waals surface area contributed by atoms with Gasteiger partial charge in [0.2, 0.25) is 15.9 Å². The number of rotatable bonds is 7. The molecule has 1 amide bonds. The Kier molecular flexibility index (Phi) is 6.51. The topological polar surface area (TPSA) is 75.3 Å². The standard InChI is InChI=1S/C17H23FN2O3S/c1-13(17(21)19-12-11-14-5-3-2-4-6-14)20-24(22,23)16-9-7-15(18)8-10-16/h5,7-10,13,20H,2-4,6,11-12H2,1H3,(H,19,21)/t13-/m1/s1. The van der Waals surface area contributed by atoms with Crippen LogP contribution in [0.2, 0.25) is 0 Å². The van der Waals surface area contributed by atoms with Crippen LogP contribution in [0.15, 0.2) is 40.8 Å². The van der Waals surface area contributed by atoms with E-state index in [2.05, 4.69) is 16.1 Å². The highest BCUT2D eigenvalue weighted by atomic mass is 32.2. The second-order valence-corrected chi connectivity index (χ2v) is 7.66. The maximum absolute atomic E-state index is 12.9. The summed E-state index contributed by atoms with van der Waals surface area (Å²) >= 11 is 0. The minimum absolute atomic E-state index is 0.0732. The number of nitrogens with one attached hydrogen (secondary N) is 2. The Balaban J connectivity index is 1.84. The van der Waals surface area contributed by atoms with Crippen molar-refractivity contribution in [2.24, 2.45) is 0 Å². The van der Waals surface area contributed by atoms with Gasteiger partial charge in [-0.15, -0.1) is 0 Å². The van der Waals surface area contributed by atoms with E-state index in [1.54, 1.807) is 0 Å². The van der Waals surface area contributed by atoms with Crippen molar-refractivity contribution in [2.75, 3.05) is 6.54 Å². The van der Waals surface area contributed by atoms with Crippen molar-refractivity contribution >= 4 is 15.9 Å². The van der Waals surface area contributed by atoms with E-state index < -0.39 is 21.9 Å². The summed E-state index contributed by atoms with van der Waals surface area (Å²) in [4.78, 5) is 12.0. The average molecular weight is 354 g/mol. The zero-order valence-electron chi connectivity index (χ0n) is 13.7. The Morgan fingerprint density at radius 1 is 1.25 bits per heavy atom. The molecule has 0 spiro atoms. The fourth-order valence-corrected chi connectivity index (χ4v) is 3.80. The highest BCUT2D eigenvalue weighted by Crippen LogP contribution is 2.19. The Morgan fingerprint density at radius 3 is 2.58 bits per heavy atom. The molecular formula is C17H23FN2O3S. The maximum Gasteiger partial charge on any atom is 0.241 e. The predicted octanol–water partition coefficient (Wildman–Crippen LogP) is 2.50. The largest absolute Gasteiger partial charge is 0.354 e. The first-order valence-electron chi connectivity index (χ1n) is 8.12. The van der Waals surface area contributed by atoms with Gasteiger partial charge in [0.25, 0.3) is 0 Å². The molecule has 24 heavy (non-hydrogen) atoms. The van der Waals surface area contributed by atoms with E-state index in [1.165, 1.54) is 25.3 Å². The van der Waals surface area contributed by atoms with E-state index in [-0.39, 0.29) is 10.8 Å². The lowest BCUT2D eigenvalue weighted by Crippen LogP contribution is -2.45. The van der Waals surface area contributed by atoms with Gasteiger partial charge in [0.1, 0.15) is 5.82 Å². The molecule has 0 saturated carbocycles. The number of halogens is 1. The lowest BCUT2D eigenvalue weighted by molar-refractivity contribution is -0.122. The number of hydrogen-bond donors (Lipinski definition) is 2. The Morgan fingerprint density at radius 2 is 1.96 bits per heavy atom. The molecule has 0 aliphatic heterocycles. The van der Waals surface area contributed by atoms with Crippen molar-refractivity contribution in [2.45, 2.75) is 50.0 Å². The van der Waals surface area contributed by atoms with Crippen LogP contribution in [0.5, 0.6) is 0 Å². The van der Waals surface area contributed by atoms with Crippen molar-refractivity contribution in [3.05, 3.63) is 41.7 Å². The summed E-state index contributed by atoms with van der Waals surface area (Å²) in [5.74, 6) is -0.895. The third-order valence-corrected chi connectivity index (χ3v) is 5.54. The number of carbonyl (C=O) groups excluding carboxylic acids is 1. The molecule has 0 radical (unpaired) electrons. The van der Waals surface area contributed by atoms with Gasteiger partial charge in [0.05, 0.1) is 10.9 Å². The van der Waals surface area contributed by atoms with Gasteiger partial charge in [-0.25, -0.2) is 12.8 Å². The summed E-state index contributed by atoms with van der Waals surface area (Å²) in [7, 11) is -3.86. The summed E-state index contributed by atoms with van der Waals surface area (Å²) in [6.45, 7) is 1.98. The molecule has 132 valence electrons. The molecule has 1 atom stereocenters. The molecule has 0 fully saturated rings. The number of amides is 1. The molecule has 1 aromatic rings. The molecule has 2 N–H and O–H groups in total. The minimum Gasteiger partial charge on any atom is -0.354 e. The predicted molar refractivity (Wildman–Crippen MR) is 90.4 cm³/mol. The summed E-state index contributed by atoms with van der Waals surface area (Å²) in [5.41, 5.74) is 1.35. The van der Waals surface area contributed by atoms with Crippen LogP contribution in [0.25, 0.3) is 0 Å². The second kappa shape index (κ2) is 8.39. The Bertz CT molecular complexity index is 699. The SMILES string of the molecule is C[C@@H](NS(=O)(=O)c1ccc(F)cc1)C(=O)NCCC1=CCCCC1. The van der Waals surface area contributed by atoms with Crippen molar-refractivity contribution in [1.82, 2.24) is 10.0 Å². The average Bonchev–Trinajstić information content (AvgIpc) is 2.55. The van der Waals surface area contributed by atoms with Crippen LogP contribution in [0, 0.1) is 5.82 Å². The molecule has 0 unspecified atom stereocenters. The van der Waals surface area contributed by atoms with Crippen molar-refractivity contribution in [1.29, 1.82) is 0 Å². The van der Waals surface area contributed by atoms with Gasteiger partial charge in [-0.1, -0.05) is 11.6 Å². The normalized spacial score (nSPS) is 16.3. The minimum atomic E-state index is -3.86. The van der Waals surface area contributed by atoms with Crippen LogP contribution in [0.3, 0.4) is 0 Å². The van der Waals surface area contributed by atoms with Gasteiger partial charge in [0, 0.05) is 6.54 Å². The fourth-order valence-electron chi connectivity index (χ4n) is 2.60. The van der Waals surface area contributed by atoms with Gasteiger partial charge in [-0.05, 0) is 63.3 Å².